The van der Waals surface area contributed by atoms with E-state index in [2.05, 4.69) is 6.92 Å². The molecule has 6 atom stereocenters. The fraction of sp³-hybridized carbons (Fsp3) is 0.684. The molecule has 3 N–H and O–H groups in total. The lowest BCUT2D eigenvalue weighted by atomic mass is 9.96. The third-order valence-corrected chi connectivity index (χ3v) is 4.76. The van der Waals surface area contributed by atoms with E-state index in [4.69, 9.17) is 24.7 Å². The first kappa shape index (κ1) is 18.8. The van der Waals surface area contributed by atoms with Crippen LogP contribution in [0, 0.1) is 0 Å². The smallest absolute Gasteiger partial charge is 0.184 e. The van der Waals surface area contributed by atoms with Crippen molar-refractivity contribution >= 4 is 0 Å². The second-order valence-corrected chi connectivity index (χ2v) is 6.72. The molecule has 140 valence electrons. The van der Waals surface area contributed by atoms with E-state index in [-0.39, 0.29) is 6.10 Å². The zero-order chi connectivity index (χ0) is 17.6. The van der Waals surface area contributed by atoms with Gasteiger partial charge in [0, 0.05) is 12.2 Å². The molecular weight excluding hydrogens is 322 g/mol. The van der Waals surface area contributed by atoms with Crippen molar-refractivity contribution in [2.24, 2.45) is 5.73 Å². The zero-order valence-corrected chi connectivity index (χ0v) is 14.8. The van der Waals surface area contributed by atoms with E-state index in [9.17, 15) is 5.11 Å². The van der Waals surface area contributed by atoms with E-state index < -0.39 is 30.8 Å². The van der Waals surface area contributed by atoms with E-state index >= 15 is 0 Å². The van der Waals surface area contributed by atoms with Crippen molar-refractivity contribution in [2.75, 3.05) is 13.2 Å². The van der Waals surface area contributed by atoms with E-state index in [1.807, 2.05) is 30.3 Å². The van der Waals surface area contributed by atoms with Gasteiger partial charge in [-0.25, -0.2) is 0 Å². The van der Waals surface area contributed by atoms with Crippen molar-refractivity contribution < 1.29 is 24.1 Å². The fourth-order valence-electron chi connectivity index (χ4n) is 3.27. The quantitative estimate of drug-likeness (QED) is 0.732. The molecule has 0 bridgehead atoms. The van der Waals surface area contributed by atoms with Crippen molar-refractivity contribution in [1.82, 2.24) is 0 Å². The van der Waals surface area contributed by atoms with Gasteiger partial charge in [-0.2, -0.15) is 0 Å². The molecule has 1 aromatic rings. The van der Waals surface area contributed by atoms with Crippen LogP contribution in [0.2, 0.25) is 0 Å². The Kier molecular flexibility index (Phi) is 6.81. The van der Waals surface area contributed by atoms with Gasteiger partial charge in [0.15, 0.2) is 12.6 Å². The Balaban J connectivity index is 1.54. The van der Waals surface area contributed by atoms with E-state index in [0.717, 1.165) is 18.4 Å². The number of hydrogen-bond donors (Lipinski definition) is 2. The lowest BCUT2D eigenvalue weighted by Crippen LogP contribution is -2.65. The van der Waals surface area contributed by atoms with Crippen LogP contribution in [0.3, 0.4) is 0 Å². The molecule has 1 aromatic carbocycles. The molecule has 0 amide bonds. The second kappa shape index (κ2) is 9.07. The van der Waals surface area contributed by atoms with E-state index in [0.29, 0.717) is 13.2 Å². The molecule has 2 heterocycles. The molecule has 6 nitrogen and oxygen atoms in total. The maximum atomic E-state index is 10.6. The van der Waals surface area contributed by atoms with Gasteiger partial charge in [0.05, 0.1) is 12.6 Å². The average molecular weight is 351 g/mol. The summed E-state index contributed by atoms with van der Waals surface area (Å²) in [6, 6.07) is 9.02. The van der Waals surface area contributed by atoms with Crippen LogP contribution < -0.4 is 5.73 Å². The molecule has 3 rings (SSSR count). The average Bonchev–Trinajstić information content (AvgIpc) is 2.66. The Hall–Kier alpha value is -1.02. The molecular formula is C19H29NO5. The maximum Gasteiger partial charge on any atom is 0.184 e. The Bertz CT molecular complexity index is 512. The summed E-state index contributed by atoms with van der Waals surface area (Å²) in [7, 11) is 0. The van der Waals surface area contributed by atoms with Crippen LogP contribution in [0.15, 0.2) is 30.3 Å². The van der Waals surface area contributed by atoms with Gasteiger partial charge in [-0.3, -0.25) is 0 Å². The number of aliphatic hydroxyl groups is 1. The summed E-state index contributed by atoms with van der Waals surface area (Å²) in [5, 5.41) is 10.6. The molecule has 2 aliphatic rings. The molecule has 0 unspecified atom stereocenters. The largest absolute Gasteiger partial charge is 0.388 e. The zero-order valence-electron chi connectivity index (χ0n) is 14.8. The number of aliphatic hydroxyl groups excluding tert-OH is 1. The van der Waals surface area contributed by atoms with Crippen molar-refractivity contribution in [2.45, 2.75) is 69.5 Å². The van der Waals surface area contributed by atoms with Crippen LogP contribution in [0.1, 0.15) is 44.5 Å². The number of nitrogens with two attached hydrogens (primary N) is 1. The summed E-state index contributed by atoms with van der Waals surface area (Å²) < 4.78 is 23.4. The highest BCUT2D eigenvalue weighted by atomic mass is 16.7. The second-order valence-electron chi connectivity index (χ2n) is 6.72. The normalized spacial score (nSPS) is 35.3. The summed E-state index contributed by atoms with van der Waals surface area (Å²) in [6.07, 6.45) is 1.57. The summed E-state index contributed by atoms with van der Waals surface area (Å²) in [5.41, 5.74) is 7.05. The van der Waals surface area contributed by atoms with Crippen LogP contribution in [0.25, 0.3) is 0 Å². The van der Waals surface area contributed by atoms with E-state index in [1.54, 1.807) is 0 Å². The van der Waals surface area contributed by atoms with Gasteiger partial charge in [-0.1, -0.05) is 56.5 Å². The monoisotopic (exact) mass is 351 g/mol. The molecule has 0 aliphatic carbocycles. The van der Waals surface area contributed by atoms with Gasteiger partial charge >= 0.3 is 0 Å². The third kappa shape index (κ3) is 4.58. The topological polar surface area (TPSA) is 83.2 Å². The first-order chi connectivity index (χ1) is 12.2. The van der Waals surface area contributed by atoms with Crippen molar-refractivity contribution in [3.8, 4) is 0 Å². The fourth-order valence-corrected chi connectivity index (χ4v) is 3.27. The van der Waals surface area contributed by atoms with Crippen LogP contribution in [-0.2, 0) is 18.9 Å². The van der Waals surface area contributed by atoms with Crippen LogP contribution in [-0.4, -0.2) is 49.0 Å². The standard InChI is InChI=1S/C19H29NO5/c1-2-3-4-8-11-22-19-15(20)16(21)17-14(24-19)12-23-18(25-17)13-9-6-5-7-10-13/h5-7,9-10,14-19,21H,2-4,8,11-12,20H2,1H3/t14-,15-,16-,17+,18-,19-/m1/s1. The predicted molar refractivity (Wildman–Crippen MR) is 92.7 cm³/mol. The minimum absolute atomic E-state index is 0.337. The summed E-state index contributed by atoms with van der Waals surface area (Å²) >= 11 is 0. The van der Waals surface area contributed by atoms with Gasteiger partial charge in [-0.15, -0.1) is 0 Å². The van der Waals surface area contributed by atoms with Crippen molar-refractivity contribution in [3.05, 3.63) is 35.9 Å². The van der Waals surface area contributed by atoms with Crippen LogP contribution in [0.4, 0.5) is 0 Å². The number of rotatable bonds is 7. The van der Waals surface area contributed by atoms with Gasteiger partial charge in [0.25, 0.3) is 0 Å². The lowest BCUT2D eigenvalue weighted by Gasteiger charge is -2.46. The molecule has 25 heavy (non-hydrogen) atoms. The van der Waals surface area contributed by atoms with Gasteiger partial charge in [0.2, 0.25) is 0 Å². The predicted octanol–water partition coefficient (Wildman–Crippen LogP) is 2.11. The minimum atomic E-state index is -0.852. The molecule has 2 saturated heterocycles. The highest BCUT2D eigenvalue weighted by Crippen LogP contribution is 2.33. The third-order valence-electron chi connectivity index (χ3n) is 4.76. The number of ether oxygens (including phenoxy) is 4. The number of unbranched alkanes of at least 4 members (excludes halogenated alkanes) is 3. The summed E-state index contributed by atoms with van der Waals surface area (Å²) in [5.74, 6) is 0. The van der Waals surface area contributed by atoms with Crippen molar-refractivity contribution in [3.63, 3.8) is 0 Å². The van der Waals surface area contributed by atoms with E-state index in [1.165, 1.54) is 12.8 Å². The first-order valence-electron chi connectivity index (χ1n) is 9.23. The minimum Gasteiger partial charge on any atom is -0.388 e. The van der Waals surface area contributed by atoms with Crippen LogP contribution in [0.5, 0.6) is 0 Å². The molecule has 2 fully saturated rings. The highest BCUT2D eigenvalue weighted by molar-refractivity contribution is 5.16. The molecule has 0 radical (unpaired) electrons. The first-order valence-corrected chi connectivity index (χ1v) is 9.23. The number of hydrogen-bond acceptors (Lipinski definition) is 6. The lowest BCUT2D eigenvalue weighted by molar-refractivity contribution is -0.342. The molecule has 6 heteroatoms. The number of benzene rings is 1. The SMILES string of the molecule is CCCCCCO[C@@H]1O[C@@H]2CO[C@@H](c3ccccc3)O[C@@H]2[C@H](O)[C@H]1N. The van der Waals surface area contributed by atoms with Gasteiger partial charge < -0.3 is 29.8 Å². The van der Waals surface area contributed by atoms with Gasteiger partial charge in [0.1, 0.15) is 18.3 Å². The molecule has 0 spiro atoms. The van der Waals surface area contributed by atoms with Gasteiger partial charge in [-0.05, 0) is 6.42 Å². The molecule has 0 aromatic heterocycles. The maximum absolute atomic E-state index is 10.6. The summed E-state index contributed by atoms with van der Waals surface area (Å²) in [6.45, 7) is 3.09. The summed E-state index contributed by atoms with van der Waals surface area (Å²) in [4.78, 5) is 0. The molecule has 2 aliphatic heterocycles. The Labute approximate surface area is 149 Å². The Morgan fingerprint density at radius 1 is 1.16 bits per heavy atom. The number of fused-ring (bicyclic) bond motifs is 1. The molecule has 0 saturated carbocycles. The highest BCUT2D eigenvalue weighted by Gasteiger charge is 2.48. The van der Waals surface area contributed by atoms with Crippen molar-refractivity contribution in [1.29, 1.82) is 0 Å². The Morgan fingerprint density at radius 3 is 2.72 bits per heavy atom. The van der Waals surface area contributed by atoms with Crippen LogP contribution >= 0.6 is 0 Å². The Morgan fingerprint density at radius 2 is 1.96 bits per heavy atom.